The molecule has 2 heterocycles. The lowest BCUT2D eigenvalue weighted by Gasteiger charge is -2.15. The van der Waals surface area contributed by atoms with Crippen LogP contribution in [0.3, 0.4) is 0 Å². The third-order valence-corrected chi connectivity index (χ3v) is 4.34. The van der Waals surface area contributed by atoms with Gasteiger partial charge in [-0.05, 0) is 48.3 Å². The summed E-state index contributed by atoms with van der Waals surface area (Å²) >= 11 is 6.93. The van der Waals surface area contributed by atoms with Gasteiger partial charge in [0.05, 0.1) is 10.9 Å². The van der Waals surface area contributed by atoms with Crippen LogP contribution in [0.1, 0.15) is 18.5 Å². The van der Waals surface area contributed by atoms with Gasteiger partial charge in [-0.1, -0.05) is 18.2 Å². The molecule has 1 aromatic carbocycles. The highest BCUT2D eigenvalue weighted by Gasteiger charge is 2.16. The number of thiophene rings is 1. The fraction of sp³-hybridized carbons (Fsp3) is 0.143. The topological polar surface area (TPSA) is 33.6 Å². The largest absolute Gasteiger partial charge is 0.292 e. The van der Waals surface area contributed by atoms with E-state index in [1.165, 1.54) is 12.1 Å². The molecular formula is C14H12FN3S2. The zero-order valence-corrected chi connectivity index (χ0v) is 12.3. The molecule has 0 saturated heterocycles. The van der Waals surface area contributed by atoms with Gasteiger partial charge in [0.1, 0.15) is 5.82 Å². The number of halogens is 1. The molecule has 0 aliphatic heterocycles. The van der Waals surface area contributed by atoms with E-state index in [1.807, 2.05) is 29.0 Å². The second kappa shape index (κ2) is 5.30. The van der Waals surface area contributed by atoms with Crippen LogP contribution in [0.4, 0.5) is 4.39 Å². The van der Waals surface area contributed by atoms with Crippen LogP contribution in [-0.4, -0.2) is 14.8 Å². The Bertz CT molecular complexity index is 757. The Morgan fingerprint density at radius 1 is 1.30 bits per heavy atom. The number of aromatic amines is 1. The lowest BCUT2D eigenvalue weighted by Crippen LogP contribution is -2.08. The standard InChI is InChI=1S/C14H12FN3S2/c1-9(10-4-6-11(15)7-5-10)18-13(16-17-14(18)19)12-3-2-8-20-12/h2-9H,1H3,(H,17,19)/t9-/m1/s1. The van der Waals surface area contributed by atoms with E-state index in [4.69, 9.17) is 12.2 Å². The molecule has 1 N–H and O–H groups in total. The molecule has 20 heavy (non-hydrogen) atoms. The minimum absolute atomic E-state index is 0.0149. The number of nitrogens with one attached hydrogen (secondary N) is 1. The normalized spacial score (nSPS) is 12.5. The lowest BCUT2D eigenvalue weighted by molar-refractivity contribution is 0.614. The molecule has 2 aromatic heterocycles. The number of benzene rings is 1. The number of rotatable bonds is 3. The van der Waals surface area contributed by atoms with E-state index in [2.05, 4.69) is 10.2 Å². The first-order chi connectivity index (χ1) is 9.66. The predicted molar refractivity (Wildman–Crippen MR) is 80.9 cm³/mol. The Labute approximate surface area is 124 Å². The molecule has 0 aliphatic carbocycles. The van der Waals surface area contributed by atoms with Crippen LogP contribution >= 0.6 is 23.6 Å². The highest BCUT2D eigenvalue weighted by molar-refractivity contribution is 7.71. The monoisotopic (exact) mass is 305 g/mol. The van der Waals surface area contributed by atoms with E-state index < -0.39 is 0 Å². The van der Waals surface area contributed by atoms with Gasteiger partial charge in [0.2, 0.25) is 0 Å². The van der Waals surface area contributed by atoms with Gasteiger partial charge in [-0.3, -0.25) is 9.67 Å². The molecule has 102 valence electrons. The molecule has 6 heteroatoms. The fourth-order valence-electron chi connectivity index (χ4n) is 2.13. The van der Waals surface area contributed by atoms with Crippen LogP contribution in [0, 0.1) is 10.6 Å². The Hall–Kier alpha value is -1.79. The summed E-state index contributed by atoms with van der Waals surface area (Å²) in [5.41, 5.74) is 0.988. The summed E-state index contributed by atoms with van der Waals surface area (Å²) < 4.78 is 15.5. The summed E-state index contributed by atoms with van der Waals surface area (Å²) in [6.45, 7) is 2.02. The van der Waals surface area contributed by atoms with Gasteiger partial charge >= 0.3 is 0 Å². The van der Waals surface area contributed by atoms with Crippen molar-refractivity contribution in [2.24, 2.45) is 0 Å². The fourth-order valence-corrected chi connectivity index (χ4v) is 3.13. The van der Waals surface area contributed by atoms with Gasteiger partial charge in [-0.25, -0.2) is 4.39 Å². The Balaban J connectivity index is 2.08. The summed E-state index contributed by atoms with van der Waals surface area (Å²) in [6.07, 6.45) is 0. The van der Waals surface area contributed by atoms with Crippen molar-refractivity contribution in [3.8, 4) is 10.7 Å². The smallest absolute Gasteiger partial charge is 0.196 e. The molecule has 3 aromatic rings. The minimum Gasteiger partial charge on any atom is -0.292 e. The average Bonchev–Trinajstić information content (AvgIpc) is 3.07. The highest BCUT2D eigenvalue weighted by atomic mass is 32.1. The number of hydrogen-bond donors (Lipinski definition) is 1. The minimum atomic E-state index is -0.241. The van der Waals surface area contributed by atoms with E-state index >= 15 is 0 Å². The van der Waals surface area contributed by atoms with Gasteiger partial charge in [0.25, 0.3) is 0 Å². The summed E-state index contributed by atoms with van der Waals surface area (Å²) in [6, 6.07) is 10.4. The predicted octanol–water partition coefficient (Wildman–Crippen LogP) is 4.42. The van der Waals surface area contributed by atoms with Crippen molar-refractivity contribution in [1.82, 2.24) is 14.8 Å². The lowest BCUT2D eigenvalue weighted by atomic mass is 10.1. The molecule has 0 saturated carbocycles. The van der Waals surface area contributed by atoms with Gasteiger partial charge in [0, 0.05) is 0 Å². The third kappa shape index (κ3) is 2.32. The third-order valence-electron chi connectivity index (χ3n) is 3.19. The van der Waals surface area contributed by atoms with Crippen LogP contribution in [-0.2, 0) is 0 Å². The molecule has 3 rings (SSSR count). The highest BCUT2D eigenvalue weighted by Crippen LogP contribution is 2.28. The van der Waals surface area contributed by atoms with Crippen molar-refractivity contribution in [3.63, 3.8) is 0 Å². The number of H-pyrrole nitrogens is 1. The molecule has 0 fully saturated rings. The SMILES string of the molecule is C[C@H](c1ccc(F)cc1)n1c(-c2cccs2)n[nH]c1=S. The number of nitrogens with zero attached hydrogens (tertiary/aromatic N) is 2. The van der Waals surface area contributed by atoms with E-state index in [1.54, 1.807) is 23.5 Å². The second-order valence-corrected chi connectivity index (χ2v) is 5.76. The zero-order valence-electron chi connectivity index (χ0n) is 10.7. The van der Waals surface area contributed by atoms with Gasteiger partial charge in [0.15, 0.2) is 10.6 Å². The van der Waals surface area contributed by atoms with Gasteiger partial charge in [-0.2, -0.15) is 5.10 Å². The van der Waals surface area contributed by atoms with Crippen molar-refractivity contribution >= 4 is 23.6 Å². The molecule has 0 unspecified atom stereocenters. The van der Waals surface area contributed by atoms with Crippen molar-refractivity contribution in [1.29, 1.82) is 0 Å². The average molecular weight is 305 g/mol. The van der Waals surface area contributed by atoms with Crippen LogP contribution < -0.4 is 0 Å². The van der Waals surface area contributed by atoms with Crippen LogP contribution in [0.25, 0.3) is 10.7 Å². The van der Waals surface area contributed by atoms with Crippen LogP contribution in [0.2, 0.25) is 0 Å². The molecule has 0 spiro atoms. The van der Waals surface area contributed by atoms with Crippen molar-refractivity contribution in [2.75, 3.05) is 0 Å². The van der Waals surface area contributed by atoms with Crippen LogP contribution in [0.15, 0.2) is 41.8 Å². The van der Waals surface area contributed by atoms with E-state index in [0.717, 1.165) is 16.3 Å². The zero-order chi connectivity index (χ0) is 14.1. The molecule has 3 nitrogen and oxygen atoms in total. The van der Waals surface area contributed by atoms with Crippen molar-refractivity contribution < 1.29 is 4.39 Å². The first-order valence-electron chi connectivity index (χ1n) is 6.13. The quantitative estimate of drug-likeness (QED) is 0.727. The summed E-state index contributed by atoms with van der Waals surface area (Å²) in [5, 5.41) is 9.14. The Morgan fingerprint density at radius 3 is 2.70 bits per heavy atom. The van der Waals surface area contributed by atoms with Gasteiger partial charge < -0.3 is 0 Å². The molecule has 0 bridgehead atoms. The molecular weight excluding hydrogens is 293 g/mol. The van der Waals surface area contributed by atoms with E-state index in [9.17, 15) is 4.39 Å². The maximum atomic E-state index is 13.0. The Kier molecular flexibility index (Phi) is 3.50. The molecule has 0 amide bonds. The van der Waals surface area contributed by atoms with Gasteiger partial charge in [-0.15, -0.1) is 11.3 Å². The van der Waals surface area contributed by atoms with Crippen LogP contribution in [0.5, 0.6) is 0 Å². The first kappa shape index (κ1) is 13.2. The second-order valence-electron chi connectivity index (χ2n) is 4.43. The summed E-state index contributed by atoms with van der Waals surface area (Å²) in [5.74, 6) is 0.567. The van der Waals surface area contributed by atoms with E-state index in [0.29, 0.717) is 4.77 Å². The molecule has 0 aliphatic rings. The summed E-state index contributed by atoms with van der Waals surface area (Å²) in [4.78, 5) is 1.05. The molecule has 0 radical (unpaired) electrons. The number of hydrogen-bond acceptors (Lipinski definition) is 3. The van der Waals surface area contributed by atoms with E-state index in [-0.39, 0.29) is 11.9 Å². The summed E-state index contributed by atoms with van der Waals surface area (Å²) in [7, 11) is 0. The first-order valence-corrected chi connectivity index (χ1v) is 7.42. The Morgan fingerprint density at radius 2 is 2.05 bits per heavy atom. The maximum Gasteiger partial charge on any atom is 0.196 e. The molecule has 1 atom stereocenters. The maximum absolute atomic E-state index is 13.0. The van der Waals surface area contributed by atoms with Crippen molar-refractivity contribution in [3.05, 3.63) is 57.9 Å². The van der Waals surface area contributed by atoms with Crippen molar-refractivity contribution in [2.45, 2.75) is 13.0 Å². The number of aromatic nitrogens is 3.